The van der Waals surface area contributed by atoms with Crippen molar-refractivity contribution < 1.29 is 0 Å². The van der Waals surface area contributed by atoms with Gasteiger partial charge in [-0.15, -0.1) is 0 Å². The van der Waals surface area contributed by atoms with E-state index in [4.69, 9.17) is 0 Å². The molecule has 1 heterocycles. The number of hydrogen-bond acceptors (Lipinski definition) is 2. The van der Waals surface area contributed by atoms with Gasteiger partial charge in [0.05, 0.1) is 6.54 Å². The van der Waals surface area contributed by atoms with Gasteiger partial charge in [0.25, 0.3) is 0 Å². The van der Waals surface area contributed by atoms with Crippen LogP contribution in [0.25, 0.3) is 0 Å². The van der Waals surface area contributed by atoms with E-state index in [1.165, 1.54) is 31.4 Å². The highest BCUT2D eigenvalue weighted by molar-refractivity contribution is 4.96. The maximum atomic E-state index is 4.26. The second-order valence-corrected chi connectivity index (χ2v) is 4.55. The number of aromatic nitrogens is 2. The average Bonchev–Trinajstić information content (AvgIpc) is 2.65. The van der Waals surface area contributed by atoms with E-state index in [0.717, 1.165) is 13.1 Å². The molecular formula is C13H25N3. The minimum Gasteiger partial charge on any atom is -0.312 e. The van der Waals surface area contributed by atoms with E-state index < -0.39 is 0 Å². The molecule has 0 amide bonds. The summed E-state index contributed by atoms with van der Waals surface area (Å²) in [6.45, 7) is 8.59. The quantitative estimate of drug-likeness (QED) is 0.687. The molecule has 3 heteroatoms. The summed E-state index contributed by atoms with van der Waals surface area (Å²) in [5.74, 6) is 0. The summed E-state index contributed by atoms with van der Waals surface area (Å²) in [4.78, 5) is 0. The maximum absolute atomic E-state index is 4.26. The van der Waals surface area contributed by atoms with Crippen molar-refractivity contribution in [3.8, 4) is 0 Å². The Morgan fingerprint density at radius 1 is 1.44 bits per heavy atom. The Kier molecular flexibility index (Phi) is 6.16. The lowest BCUT2D eigenvalue weighted by Crippen LogP contribution is -2.29. The van der Waals surface area contributed by atoms with E-state index in [2.05, 4.69) is 31.2 Å². The van der Waals surface area contributed by atoms with E-state index >= 15 is 0 Å². The molecule has 0 saturated carbocycles. The monoisotopic (exact) mass is 223 g/mol. The lowest BCUT2D eigenvalue weighted by molar-refractivity contribution is 0.457. The zero-order chi connectivity index (χ0) is 11.8. The molecule has 1 aromatic heterocycles. The largest absolute Gasteiger partial charge is 0.312 e. The highest BCUT2D eigenvalue weighted by Gasteiger charge is 2.01. The number of unbranched alkanes of at least 4 members (excludes halogenated alkanes) is 2. The van der Waals surface area contributed by atoms with E-state index in [-0.39, 0.29) is 0 Å². The van der Waals surface area contributed by atoms with Crippen molar-refractivity contribution in [3.05, 3.63) is 18.0 Å². The molecule has 0 bridgehead atoms. The van der Waals surface area contributed by atoms with Crippen molar-refractivity contribution in [2.24, 2.45) is 0 Å². The Morgan fingerprint density at radius 2 is 2.25 bits per heavy atom. The van der Waals surface area contributed by atoms with Gasteiger partial charge in [-0.1, -0.05) is 26.2 Å². The minimum absolute atomic E-state index is 0.627. The summed E-state index contributed by atoms with van der Waals surface area (Å²) in [6, 6.07) is 2.67. The molecule has 3 nitrogen and oxygen atoms in total. The van der Waals surface area contributed by atoms with Crippen LogP contribution in [0.4, 0.5) is 0 Å². The molecule has 1 atom stereocenters. The van der Waals surface area contributed by atoms with Gasteiger partial charge in [-0.3, -0.25) is 4.68 Å². The summed E-state index contributed by atoms with van der Waals surface area (Å²) >= 11 is 0. The fourth-order valence-corrected chi connectivity index (χ4v) is 1.85. The third-order valence-corrected chi connectivity index (χ3v) is 2.99. The van der Waals surface area contributed by atoms with Crippen molar-refractivity contribution in [2.75, 3.05) is 6.54 Å². The van der Waals surface area contributed by atoms with Crippen LogP contribution in [-0.4, -0.2) is 22.4 Å². The van der Waals surface area contributed by atoms with Gasteiger partial charge in [0.2, 0.25) is 0 Å². The molecule has 1 N–H and O–H groups in total. The molecular weight excluding hydrogens is 198 g/mol. The van der Waals surface area contributed by atoms with Crippen molar-refractivity contribution in [1.29, 1.82) is 0 Å². The molecule has 0 aromatic carbocycles. The van der Waals surface area contributed by atoms with Crippen LogP contribution in [0.2, 0.25) is 0 Å². The molecule has 0 saturated heterocycles. The highest BCUT2D eigenvalue weighted by atomic mass is 15.3. The molecule has 92 valence electrons. The fraction of sp³-hybridized carbons (Fsp3) is 0.769. The normalized spacial score (nSPS) is 12.9. The van der Waals surface area contributed by atoms with Gasteiger partial charge < -0.3 is 5.32 Å². The van der Waals surface area contributed by atoms with E-state index in [9.17, 15) is 0 Å². The van der Waals surface area contributed by atoms with Crippen LogP contribution in [0, 0.1) is 6.92 Å². The third-order valence-electron chi connectivity index (χ3n) is 2.99. The first kappa shape index (κ1) is 13.2. The third kappa shape index (κ3) is 4.79. The molecule has 0 aliphatic carbocycles. The number of nitrogens with zero attached hydrogens (tertiary/aromatic N) is 2. The first-order chi connectivity index (χ1) is 7.74. The van der Waals surface area contributed by atoms with E-state index in [1.807, 2.05) is 16.9 Å². The Hall–Kier alpha value is -0.830. The van der Waals surface area contributed by atoms with Gasteiger partial charge in [0.15, 0.2) is 0 Å². The smallest absolute Gasteiger partial charge is 0.0537 e. The molecule has 0 fully saturated rings. The Bertz CT molecular complexity index is 280. The molecule has 16 heavy (non-hydrogen) atoms. The van der Waals surface area contributed by atoms with Crippen molar-refractivity contribution >= 4 is 0 Å². The van der Waals surface area contributed by atoms with Gasteiger partial charge in [0, 0.05) is 24.5 Å². The van der Waals surface area contributed by atoms with Crippen molar-refractivity contribution in [1.82, 2.24) is 15.1 Å². The van der Waals surface area contributed by atoms with Gasteiger partial charge >= 0.3 is 0 Å². The molecule has 1 rings (SSSR count). The van der Waals surface area contributed by atoms with Crippen molar-refractivity contribution in [3.63, 3.8) is 0 Å². The SMILES string of the molecule is CCCCCC(C)NCCn1nccc1C. The van der Waals surface area contributed by atoms with Crippen LogP contribution in [0.5, 0.6) is 0 Å². The molecule has 0 aliphatic heterocycles. The number of nitrogens with one attached hydrogen (secondary N) is 1. The van der Waals surface area contributed by atoms with Crippen LogP contribution in [0.3, 0.4) is 0 Å². The van der Waals surface area contributed by atoms with Gasteiger partial charge in [-0.25, -0.2) is 0 Å². The molecule has 0 aliphatic rings. The second kappa shape index (κ2) is 7.44. The lowest BCUT2D eigenvalue weighted by Gasteiger charge is -2.13. The van der Waals surface area contributed by atoms with Crippen LogP contribution < -0.4 is 5.32 Å². The van der Waals surface area contributed by atoms with Crippen molar-refractivity contribution in [2.45, 2.75) is 59.0 Å². The minimum atomic E-state index is 0.627. The molecule has 0 spiro atoms. The predicted molar refractivity (Wildman–Crippen MR) is 68.6 cm³/mol. The summed E-state index contributed by atoms with van der Waals surface area (Å²) < 4.78 is 2.05. The molecule has 0 radical (unpaired) electrons. The summed E-state index contributed by atoms with van der Waals surface area (Å²) in [7, 11) is 0. The van der Waals surface area contributed by atoms with Crippen LogP contribution in [0.1, 0.15) is 45.2 Å². The van der Waals surface area contributed by atoms with Crippen LogP contribution >= 0.6 is 0 Å². The summed E-state index contributed by atoms with van der Waals surface area (Å²) in [5, 5.41) is 7.81. The first-order valence-corrected chi connectivity index (χ1v) is 6.45. The van der Waals surface area contributed by atoms with Crippen LogP contribution in [-0.2, 0) is 6.54 Å². The predicted octanol–water partition coefficient (Wildman–Crippen LogP) is 2.75. The first-order valence-electron chi connectivity index (χ1n) is 6.45. The van der Waals surface area contributed by atoms with E-state index in [0.29, 0.717) is 6.04 Å². The van der Waals surface area contributed by atoms with Gasteiger partial charge in [-0.05, 0) is 26.3 Å². The average molecular weight is 223 g/mol. The number of rotatable bonds is 8. The lowest BCUT2D eigenvalue weighted by atomic mass is 10.1. The van der Waals surface area contributed by atoms with Crippen LogP contribution in [0.15, 0.2) is 12.3 Å². The highest BCUT2D eigenvalue weighted by Crippen LogP contribution is 2.02. The topological polar surface area (TPSA) is 29.9 Å². The standard InChI is InChI=1S/C13H25N3/c1-4-5-6-7-12(2)14-10-11-16-13(3)8-9-15-16/h8-9,12,14H,4-7,10-11H2,1-3H3. The summed E-state index contributed by atoms with van der Waals surface area (Å²) in [6.07, 6.45) is 7.14. The Balaban J connectivity index is 2.08. The Labute approximate surface area is 99.2 Å². The zero-order valence-corrected chi connectivity index (χ0v) is 10.9. The van der Waals surface area contributed by atoms with E-state index in [1.54, 1.807) is 0 Å². The molecule has 1 aromatic rings. The maximum Gasteiger partial charge on any atom is 0.0537 e. The number of aryl methyl sites for hydroxylation is 1. The summed E-state index contributed by atoms with van der Waals surface area (Å²) in [5.41, 5.74) is 1.24. The van der Waals surface area contributed by atoms with Gasteiger partial charge in [0.1, 0.15) is 0 Å². The Morgan fingerprint density at radius 3 is 2.88 bits per heavy atom. The van der Waals surface area contributed by atoms with Gasteiger partial charge in [-0.2, -0.15) is 5.10 Å². The number of hydrogen-bond donors (Lipinski definition) is 1. The fourth-order valence-electron chi connectivity index (χ4n) is 1.85. The second-order valence-electron chi connectivity index (χ2n) is 4.55. The zero-order valence-electron chi connectivity index (χ0n) is 10.9. The molecule has 1 unspecified atom stereocenters.